The van der Waals surface area contributed by atoms with Crippen molar-refractivity contribution in [2.24, 2.45) is 0 Å². The Hall–Kier alpha value is -1.49. The summed E-state index contributed by atoms with van der Waals surface area (Å²) in [5.74, 6) is 0. The molecule has 4 nitrogen and oxygen atoms in total. The van der Waals surface area contributed by atoms with Gasteiger partial charge in [-0.25, -0.2) is 10.1 Å². The van der Waals surface area contributed by atoms with Gasteiger partial charge in [0.15, 0.2) is 10.5 Å². The zero-order valence-electron chi connectivity index (χ0n) is 6.01. The lowest BCUT2D eigenvalue weighted by atomic mass is 10.3. The highest BCUT2D eigenvalue weighted by atomic mass is 32.1. The molecule has 1 aromatic heterocycles. The number of hydrogen-bond acceptors (Lipinski definition) is 2. The molecule has 0 radical (unpaired) electrons. The van der Waals surface area contributed by atoms with Crippen LogP contribution in [-0.4, -0.2) is 9.71 Å². The smallest absolute Gasteiger partial charge is 0.234 e. The van der Waals surface area contributed by atoms with Gasteiger partial charge in [-0.3, -0.25) is 0 Å². The Balaban J connectivity index is 2.79. The fourth-order valence-corrected chi connectivity index (χ4v) is 1.88. The summed E-state index contributed by atoms with van der Waals surface area (Å²) in [6, 6.07) is 7.24. The number of aromatic nitrogens is 1. The standard InChI is InChI=1S/C7H5N2O2S/c10-9(11)8-5-12-7-4-2-1-3-6(7)8/h1-5H/q+1. The average Bonchev–Trinajstić information content (AvgIpc) is 2.47. The largest absolute Gasteiger partial charge is 0.329 e. The summed E-state index contributed by atoms with van der Waals surface area (Å²) in [4.78, 5) is 10.5. The number of hydrogen-bond donors (Lipinski definition) is 0. The van der Waals surface area contributed by atoms with Gasteiger partial charge in [-0.1, -0.05) is 12.1 Å². The molecule has 0 unspecified atom stereocenters. The van der Waals surface area contributed by atoms with Crippen LogP contribution in [0.3, 0.4) is 0 Å². The van der Waals surface area contributed by atoms with Crippen LogP contribution in [0, 0.1) is 10.1 Å². The van der Waals surface area contributed by atoms with Crippen LogP contribution in [0.1, 0.15) is 0 Å². The van der Waals surface area contributed by atoms with Crippen molar-refractivity contribution < 1.29 is 5.03 Å². The fraction of sp³-hybridized carbons (Fsp3) is 0. The van der Waals surface area contributed by atoms with Gasteiger partial charge in [0.05, 0.1) is 0 Å². The molecule has 0 atom stereocenters. The van der Waals surface area contributed by atoms with Crippen LogP contribution in [0.5, 0.6) is 0 Å². The number of rotatable bonds is 1. The van der Waals surface area contributed by atoms with Crippen LogP contribution in [0.4, 0.5) is 0 Å². The third kappa shape index (κ3) is 0.947. The summed E-state index contributed by atoms with van der Waals surface area (Å²) in [6.07, 6.45) is 0. The van der Waals surface area contributed by atoms with Crippen LogP contribution in [0.25, 0.3) is 10.2 Å². The molecule has 2 rings (SSSR count). The Morgan fingerprint density at radius 3 is 2.92 bits per heavy atom. The van der Waals surface area contributed by atoms with Gasteiger partial charge in [0.25, 0.3) is 4.70 Å². The first-order valence-corrected chi connectivity index (χ1v) is 4.19. The van der Waals surface area contributed by atoms with Crippen LogP contribution < -0.4 is 0 Å². The molecule has 5 heteroatoms. The number of para-hydroxylation sites is 1. The molecular weight excluding hydrogens is 176 g/mol. The van der Waals surface area contributed by atoms with Gasteiger partial charge in [0.2, 0.25) is 11.3 Å². The maximum atomic E-state index is 10.5. The second-order valence-electron chi connectivity index (χ2n) is 2.27. The molecule has 0 aliphatic heterocycles. The van der Waals surface area contributed by atoms with Gasteiger partial charge in [0, 0.05) is 6.07 Å². The lowest BCUT2D eigenvalue weighted by molar-refractivity contribution is -0.537. The first-order valence-electron chi connectivity index (χ1n) is 3.31. The first-order chi connectivity index (χ1) is 5.79. The van der Waals surface area contributed by atoms with Crippen molar-refractivity contribution in [3.05, 3.63) is 39.9 Å². The van der Waals surface area contributed by atoms with Crippen LogP contribution in [-0.2, 0) is 0 Å². The van der Waals surface area contributed by atoms with E-state index in [-0.39, 0.29) is 0 Å². The van der Waals surface area contributed by atoms with E-state index < -0.39 is 5.03 Å². The molecule has 2 aromatic rings. The van der Waals surface area contributed by atoms with E-state index in [1.165, 1.54) is 16.8 Å². The average molecular weight is 181 g/mol. The van der Waals surface area contributed by atoms with Crippen LogP contribution >= 0.6 is 11.3 Å². The van der Waals surface area contributed by atoms with E-state index in [1.54, 1.807) is 12.1 Å². The Kier molecular flexibility index (Phi) is 1.51. The van der Waals surface area contributed by atoms with Gasteiger partial charge in [-0.2, -0.15) is 0 Å². The van der Waals surface area contributed by atoms with Crippen LogP contribution in [0.15, 0.2) is 29.8 Å². The summed E-state index contributed by atoms with van der Waals surface area (Å²) < 4.78 is 1.95. The van der Waals surface area contributed by atoms with Gasteiger partial charge in [0.1, 0.15) is 0 Å². The van der Waals surface area contributed by atoms with E-state index >= 15 is 0 Å². The summed E-state index contributed by atoms with van der Waals surface area (Å²) in [6.45, 7) is 0. The lowest BCUT2D eigenvalue weighted by Crippen LogP contribution is -2.05. The van der Waals surface area contributed by atoms with Crippen LogP contribution in [0.2, 0.25) is 0 Å². The number of fused-ring (bicyclic) bond motifs is 1. The zero-order valence-corrected chi connectivity index (χ0v) is 6.82. The molecule has 1 heterocycles. The second-order valence-corrected chi connectivity index (χ2v) is 3.16. The first kappa shape index (κ1) is 7.17. The topological polar surface area (TPSA) is 48.1 Å². The molecule has 0 bridgehead atoms. The number of nitrogens with zero attached hydrogens (tertiary/aromatic N) is 2. The summed E-state index contributed by atoms with van der Waals surface area (Å²) in [7, 11) is 0. The summed E-state index contributed by atoms with van der Waals surface area (Å²) in [5.41, 5.74) is 2.14. The van der Waals surface area contributed by atoms with Crippen molar-refractivity contribution >= 4 is 21.6 Å². The van der Waals surface area contributed by atoms with E-state index in [0.717, 1.165) is 9.38 Å². The minimum Gasteiger partial charge on any atom is -0.234 e. The maximum absolute atomic E-state index is 10.5. The molecule has 0 saturated carbocycles. The Morgan fingerprint density at radius 2 is 2.17 bits per heavy atom. The van der Waals surface area contributed by atoms with Gasteiger partial charge in [-0.15, -0.1) is 0 Å². The lowest BCUT2D eigenvalue weighted by Gasteiger charge is -1.85. The number of benzene rings is 1. The summed E-state index contributed by atoms with van der Waals surface area (Å²) >= 11 is 1.36. The van der Waals surface area contributed by atoms with Gasteiger partial charge >= 0.3 is 5.51 Å². The van der Waals surface area contributed by atoms with E-state index in [2.05, 4.69) is 0 Å². The molecule has 0 aliphatic rings. The summed E-state index contributed by atoms with van der Waals surface area (Å²) in [5, 5.41) is 10.0. The molecular formula is C7H5N2O2S+. The predicted octanol–water partition coefficient (Wildman–Crippen LogP) is 2.02. The third-order valence-corrected chi connectivity index (χ3v) is 2.47. The molecule has 0 saturated heterocycles. The zero-order chi connectivity index (χ0) is 8.55. The maximum Gasteiger partial charge on any atom is 0.329 e. The molecule has 0 spiro atoms. The molecule has 1 aromatic carbocycles. The normalized spacial score (nSPS) is 10.3. The quantitative estimate of drug-likeness (QED) is 0.384. The van der Waals surface area contributed by atoms with E-state index in [0.29, 0.717) is 5.52 Å². The molecule has 0 aliphatic carbocycles. The van der Waals surface area contributed by atoms with Gasteiger partial charge < -0.3 is 0 Å². The van der Waals surface area contributed by atoms with E-state index in [4.69, 9.17) is 0 Å². The van der Waals surface area contributed by atoms with E-state index in [9.17, 15) is 10.1 Å². The van der Waals surface area contributed by atoms with Gasteiger partial charge in [-0.05, 0) is 10.7 Å². The highest BCUT2D eigenvalue weighted by molar-refractivity contribution is 7.16. The highest BCUT2D eigenvalue weighted by Crippen LogP contribution is 2.19. The fourth-order valence-electron chi connectivity index (χ4n) is 1.04. The molecule has 0 N–H and O–H groups in total. The van der Waals surface area contributed by atoms with Crippen molar-refractivity contribution in [1.29, 1.82) is 0 Å². The van der Waals surface area contributed by atoms with E-state index in [1.807, 2.05) is 12.1 Å². The van der Waals surface area contributed by atoms with Crippen molar-refractivity contribution in [2.75, 3.05) is 0 Å². The van der Waals surface area contributed by atoms with Crippen molar-refractivity contribution in [3.8, 4) is 0 Å². The SMILES string of the molecule is O=[N+]([O-])n1c[s+]c2ccccc21. The molecule has 0 amide bonds. The Morgan fingerprint density at radius 1 is 1.42 bits per heavy atom. The predicted molar refractivity (Wildman–Crippen MR) is 46.6 cm³/mol. The monoisotopic (exact) mass is 181 g/mol. The van der Waals surface area contributed by atoms with Crippen molar-refractivity contribution in [3.63, 3.8) is 0 Å². The highest BCUT2D eigenvalue weighted by Gasteiger charge is 2.17. The third-order valence-electron chi connectivity index (χ3n) is 1.57. The minimum atomic E-state index is -0.432. The number of thiazole rings is 1. The Labute approximate surface area is 71.8 Å². The van der Waals surface area contributed by atoms with Crippen molar-refractivity contribution in [1.82, 2.24) is 4.68 Å². The minimum absolute atomic E-state index is 0.432. The molecule has 12 heavy (non-hydrogen) atoms. The van der Waals surface area contributed by atoms with Crippen molar-refractivity contribution in [2.45, 2.75) is 0 Å². The molecule has 60 valence electrons. The Bertz CT molecular complexity index is 438. The number of nitro groups is 1. The molecule has 0 fully saturated rings. The second kappa shape index (κ2) is 2.53.